The minimum Gasteiger partial charge on any atom is -0.305 e. The number of nitrogens with zero attached hydrogens (tertiary/aromatic N) is 1. The van der Waals surface area contributed by atoms with E-state index < -0.39 is 6.03 Å². The van der Waals surface area contributed by atoms with Crippen molar-refractivity contribution < 1.29 is 4.79 Å². The number of urea groups is 1. The molecule has 0 aliphatic rings. The van der Waals surface area contributed by atoms with Crippen LogP contribution in [0, 0.1) is 0 Å². The number of nitrogens with one attached hydrogen (secondary N) is 1. The Hall–Kier alpha value is -1.22. The Bertz CT molecular complexity index is 237. The summed E-state index contributed by atoms with van der Waals surface area (Å²) >= 11 is 4.91. The van der Waals surface area contributed by atoms with Gasteiger partial charge in [-0.15, -0.1) is 4.84 Å². The number of carbonyl (C=O) groups excluding carboxylic acids is 1. The number of halogens is 1. The standard InChI is InChI=1S/C7H6ClN2O/c8-10-7(11)9-6-4-2-1-3-5-6/h1-5H,(H,9,11). The Morgan fingerprint density at radius 3 is 2.55 bits per heavy atom. The second-order valence-corrected chi connectivity index (χ2v) is 2.05. The van der Waals surface area contributed by atoms with Crippen molar-refractivity contribution in [2.45, 2.75) is 0 Å². The molecule has 0 bridgehead atoms. The lowest BCUT2D eigenvalue weighted by atomic mass is 10.3. The van der Waals surface area contributed by atoms with E-state index in [0.717, 1.165) is 0 Å². The topological polar surface area (TPSA) is 43.2 Å². The van der Waals surface area contributed by atoms with Gasteiger partial charge in [0.05, 0.1) is 0 Å². The molecule has 0 aliphatic carbocycles. The fourth-order valence-corrected chi connectivity index (χ4v) is 0.708. The second kappa shape index (κ2) is 3.83. The van der Waals surface area contributed by atoms with E-state index in [4.69, 9.17) is 11.8 Å². The van der Waals surface area contributed by atoms with E-state index in [1.54, 1.807) is 12.1 Å². The van der Waals surface area contributed by atoms with Crippen molar-refractivity contribution >= 4 is 23.5 Å². The molecular weight excluding hydrogens is 164 g/mol. The summed E-state index contributed by atoms with van der Waals surface area (Å²) in [4.78, 5) is 13.5. The van der Waals surface area contributed by atoms with Crippen LogP contribution in [0.1, 0.15) is 0 Å². The highest BCUT2D eigenvalue weighted by molar-refractivity contribution is 6.22. The number of benzene rings is 1. The van der Waals surface area contributed by atoms with Crippen LogP contribution in [0.15, 0.2) is 30.3 Å². The van der Waals surface area contributed by atoms with Crippen molar-refractivity contribution in [3.05, 3.63) is 30.3 Å². The predicted octanol–water partition coefficient (Wildman–Crippen LogP) is 1.98. The Morgan fingerprint density at radius 1 is 1.36 bits per heavy atom. The van der Waals surface area contributed by atoms with Gasteiger partial charge in [-0.05, 0) is 12.1 Å². The Labute approximate surface area is 69.5 Å². The molecule has 0 heterocycles. The molecule has 57 valence electrons. The molecule has 0 saturated carbocycles. The van der Waals surface area contributed by atoms with Gasteiger partial charge < -0.3 is 5.32 Å². The Kier molecular flexibility index (Phi) is 2.74. The van der Waals surface area contributed by atoms with E-state index in [0.29, 0.717) is 5.69 Å². The molecule has 1 aromatic rings. The Balaban J connectivity index is 2.58. The van der Waals surface area contributed by atoms with Crippen molar-refractivity contribution in [1.29, 1.82) is 0 Å². The molecule has 0 aromatic heterocycles. The van der Waals surface area contributed by atoms with Gasteiger partial charge >= 0.3 is 6.03 Å². The van der Waals surface area contributed by atoms with Gasteiger partial charge in [0.2, 0.25) is 0 Å². The van der Waals surface area contributed by atoms with Crippen molar-refractivity contribution in [3.63, 3.8) is 0 Å². The first kappa shape index (κ1) is 7.88. The molecule has 0 unspecified atom stereocenters. The van der Waals surface area contributed by atoms with Crippen LogP contribution in [0.3, 0.4) is 0 Å². The maximum Gasteiger partial charge on any atom is 0.357 e. The fraction of sp³-hybridized carbons (Fsp3) is 0. The van der Waals surface area contributed by atoms with Crippen LogP contribution in [-0.2, 0) is 0 Å². The summed E-state index contributed by atoms with van der Waals surface area (Å²) in [5, 5.41) is 2.45. The molecule has 11 heavy (non-hydrogen) atoms. The molecule has 3 nitrogen and oxygen atoms in total. The first-order chi connectivity index (χ1) is 5.33. The number of para-hydroxylation sites is 1. The number of hydrogen-bond acceptors (Lipinski definition) is 1. The van der Waals surface area contributed by atoms with Crippen LogP contribution in [0.2, 0.25) is 0 Å². The molecular formula is C7H6ClN2O. The molecule has 0 spiro atoms. The highest BCUT2D eigenvalue weighted by Gasteiger charge is 1.98. The summed E-state index contributed by atoms with van der Waals surface area (Å²) in [7, 11) is 0. The zero-order valence-electron chi connectivity index (χ0n) is 5.62. The number of anilines is 1. The molecule has 0 atom stereocenters. The first-order valence-corrected chi connectivity index (χ1v) is 3.35. The minimum absolute atomic E-state index is 0.558. The zero-order chi connectivity index (χ0) is 8.10. The summed E-state index contributed by atoms with van der Waals surface area (Å²) in [5.41, 5.74) is 0.682. The summed E-state index contributed by atoms with van der Waals surface area (Å²) in [6, 6.07) is 8.42. The minimum atomic E-state index is -0.558. The fourth-order valence-electron chi connectivity index (χ4n) is 0.666. The maximum atomic E-state index is 10.6. The van der Waals surface area contributed by atoms with Crippen LogP contribution >= 0.6 is 11.8 Å². The molecule has 0 saturated heterocycles. The van der Waals surface area contributed by atoms with Gasteiger partial charge in [0.1, 0.15) is 0 Å². The average molecular weight is 170 g/mol. The third-order valence-electron chi connectivity index (χ3n) is 1.10. The number of amides is 2. The molecule has 0 fully saturated rings. The van der Waals surface area contributed by atoms with E-state index in [9.17, 15) is 4.79 Å². The van der Waals surface area contributed by atoms with E-state index in [-0.39, 0.29) is 0 Å². The lowest BCUT2D eigenvalue weighted by molar-refractivity contribution is 0.256. The van der Waals surface area contributed by atoms with Gasteiger partial charge in [0.15, 0.2) is 0 Å². The number of hydrogen-bond donors (Lipinski definition) is 1. The maximum absolute atomic E-state index is 10.6. The van der Waals surface area contributed by atoms with E-state index in [1.807, 2.05) is 18.2 Å². The van der Waals surface area contributed by atoms with Crippen LogP contribution in [0.25, 0.3) is 0 Å². The monoisotopic (exact) mass is 169 g/mol. The Morgan fingerprint density at radius 2 is 2.00 bits per heavy atom. The van der Waals surface area contributed by atoms with Gasteiger partial charge in [0.25, 0.3) is 0 Å². The molecule has 1 radical (unpaired) electrons. The van der Waals surface area contributed by atoms with E-state index in [2.05, 4.69) is 10.2 Å². The number of rotatable bonds is 1. The molecule has 4 heteroatoms. The van der Waals surface area contributed by atoms with E-state index in [1.165, 1.54) is 0 Å². The van der Waals surface area contributed by atoms with Crippen LogP contribution in [0.5, 0.6) is 0 Å². The van der Waals surface area contributed by atoms with Crippen molar-refractivity contribution in [2.24, 2.45) is 0 Å². The second-order valence-electron chi connectivity index (χ2n) is 1.88. The van der Waals surface area contributed by atoms with Crippen molar-refractivity contribution in [3.8, 4) is 0 Å². The van der Waals surface area contributed by atoms with E-state index >= 15 is 0 Å². The lowest BCUT2D eigenvalue weighted by Gasteiger charge is -1.98. The average Bonchev–Trinajstić information content (AvgIpc) is 2.06. The zero-order valence-corrected chi connectivity index (χ0v) is 6.38. The van der Waals surface area contributed by atoms with Crippen LogP contribution in [0.4, 0.5) is 10.5 Å². The highest BCUT2D eigenvalue weighted by atomic mass is 35.5. The van der Waals surface area contributed by atoms with Crippen LogP contribution in [-0.4, -0.2) is 6.03 Å². The van der Waals surface area contributed by atoms with Gasteiger partial charge in [-0.1, -0.05) is 18.2 Å². The van der Waals surface area contributed by atoms with Gasteiger partial charge in [-0.2, -0.15) is 0 Å². The molecule has 1 rings (SSSR count). The number of carbonyl (C=O) groups is 1. The molecule has 1 aromatic carbocycles. The van der Waals surface area contributed by atoms with Crippen molar-refractivity contribution in [1.82, 2.24) is 4.84 Å². The lowest BCUT2D eigenvalue weighted by Crippen LogP contribution is -2.14. The largest absolute Gasteiger partial charge is 0.357 e. The molecule has 1 N–H and O–H groups in total. The quantitative estimate of drug-likeness (QED) is 0.687. The summed E-state index contributed by atoms with van der Waals surface area (Å²) < 4.78 is 0. The first-order valence-electron chi connectivity index (χ1n) is 3.01. The van der Waals surface area contributed by atoms with Gasteiger partial charge in [0, 0.05) is 17.5 Å². The predicted molar refractivity (Wildman–Crippen MR) is 43.4 cm³/mol. The highest BCUT2D eigenvalue weighted by Crippen LogP contribution is 2.04. The SMILES string of the molecule is O=C([N]Cl)Nc1ccccc1. The van der Waals surface area contributed by atoms with Gasteiger partial charge in [-0.25, -0.2) is 4.79 Å². The third-order valence-corrected chi connectivity index (χ3v) is 1.26. The molecule has 2 amide bonds. The van der Waals surface area contributed by atoms with Crippen LogP contribution < -0.4 is 10.2 Å². The normalized spacial score (nSPS) is 8.82. The smallest absolute Gasteiger partial charge is 0.305 e. The third kappa shape index (κ3) is 2.47. The van der Waals surface area contributed by atoms with Gasteiger partial charge in [-0.3, -0.25) is 0 Å². The summed E-state index contributed by atoms with van der Waals surface area (Å²) in [5.74, 6) is 0. The summed E-state index contributed by atoms with van der Waals surface area (Å²) in [6.45, 7) is 0. The van der Waals surface area contributed by atoms with Crippen molar-refractivity contribution in [2.75, 3.05) is 5.32 Å². The molecule has 0 aliphatic heterocycles. The summed E-state index contributed by atoms with van der Waals surface area (Å²) in [6.07, 6.45) is 0.